The highest BCUT2D eigenvalue weighted by Crippen LogP contribution is 2.17. The fourth-order valence-corrected chi connectivity index (χ4v) is 2.38. The lowest BCUT2D eigenvalue weighted by Crippen LogP contribution is -2.32. The molecule has 0 bridgehead atoms. The van der Waals surface area contributed by atoms with Crippen molar-refractivity contribution in [3.05, 3.63) is 34.3 Å². The first-order valence-electron chi connectivity index (χ1n) is 6.67. The SMILES string of the molecule is CC(C)CC(O)CNC(=O)CCc1ccccc1Br. The first kappa shape index (κ1) is 16.2. The van der Waals surface area contributed by atoms with Crippen molar-refractivity contribution in [3.8, 4) is 0 Å². The van der Waals surface area contributed by atoms with Crippen LogP contribution in [0.5, 0.6) is 0 Å². The van der Waals surface area contributed by atoms with Crippen molar-refractivity contribution >= 4 is 21.8 Å². The molecule has 4 heteroatoms. The van der Waals surface area contributed by atoms with Crippen LogP contribution in [-0.4, -0.2) is 23.7 Å². The van der Waals surface area contributed by atoms with Crippen LogP contribution in [0.15, 0.2) is 28.7 Å². The highest BCUT2D eigenvalue weighted by Gasteiger charge is 2.09. The summed E-state index contributed by atoms with van der Waals surface area (Å²) >= 11 is 3.46. The van der Waals surface area contributed by atoms with Crippen LogP contribution in [0.1, 0.15) is 32.3 Å². The van der Waals surface area contributed by atoms with E-state index in [0.29, 0.717) is 31.7 Å². The van der Waals surface area contributed by atoms with Crippen molar-refractivity contribution in [2.75, 3.05) is 6.54 Å². The molecule has 1 atom stereocenters. The molecule has 1 rings (SSSR count). The second kappa shape index (κ2) is 8.33. The number of carbonyl (C=O) groups is 1. The predicted octanol–water partition coefficient (Wildman–Crippen LogP) is 2.90. The summed E-state index contributed by atoms with van der Waals surface area (Å²) in [4.78, 5) is 11.7. The van der Waals surface area contributed by atoms with Gasteiger partial charge in [0.25, 0.3) is 0 Å². The number of nitrogens with one attached hydrogen (secondary N) is 1. The molecule has 0 saturated carbocycles. The van der Waals surface area contributed by atoms with Crippen LogP contribution in [0.3, 0.4) is 0 Å². The van der Waals surface area contributed by atoms with Crippen LogP contribution in [0.25, 0.3) is 0 Å². The fourth-order valence-electron chi connectivity index (χ4n) is 1.90. The van der Waals surface area contributed by atoms with E-state index in [1.54, 1.807) is 0 Å². The van der Waals surface area contributed by atoms with E-state index in [1.807, 2.05) is 24.3 Å². The van der Waals surface area contributed by atoms with Crippen molar-refractivity contribution < 1.29 is 9.90 Å². The number of hydrogen-bond acceptors (Lipinski definition) is 2. The number of aryl methyl sites for hydroxylation is 1. The van der Waals surface area contributed by atoms with Gasteiger partial charge in [0.15, 0.2) is 0 Å². The molecule has 106 valence electrons. The van der Waals surface area contributed by atoms with Gasteiger partial charge in [-0.1, -0.05) is 48.0 Å². The maximum atomic E-state index is 11.7. The van der Waals surface area contributed by atoms with Crippen molar-refractivity contribution in [1.29, 1.82) is 0 Å². The molecule has 1 aromatic carbocycles. The van der Waals surface area contributed by atoms with Gasteiger partial charge in [-0.25, -0.2) is 0 Å². The van der Waals surface area contributed by atoms with E-state index in [0.717, 1.165) is 10.0 Å². The van der Waals surface area contributed by atoms with Crippen LogP contribution < -0.4 is 5.32 Å². The van der Waals surface area contributed by atoms with Crippen LogP contribution in [0, 0.1) is 5.92 Å². The molecule has 3 nitrogen and oxygen atoms in total. The minimum absolute atomic E-state index is 0.0152. The lowest BCUT2D eigenvalue weighted by atomic mass is 10.1. The number of hydrogen-bond donors (Lipinski definition) is 2. The highest BCUT2D eigenvalue weighted by molar-refractivity contribution is 9.10. The Kier molecular flexibility index (Phi) is 7.10. The van der Waals surface area contributed by atoms with Crippen molar-refractivity contribution in [3.63, 3.8) is 0 Å². The van der Waals surface area contributed by atoms with Gasteiger partial charge in [0.05, 0.1) is 6.10 Å². The molecule has 2 N–H and O–H groups in total. The average Bonchev–Trinajstić information content (AvgIpc) is 2.34. The van der Waals surface area contributed by atoms with Gasteiger partial charge >= 0.3 is 0 Å². The van der Waals surface area contributed by atoms with Gasteiger partial charge in [0.1, 0.15) is 0 Å². The molecule has 1 amide bonds. The molecule has 0 fully saturated rings. The zero-order valence-electron chi connectivity index (χ0n) is 11.5. The van der Waals surface area contributed by atoms with Crippen molar-refractivity contribution in [2.45, 2.75) is 39.2 Å². The molecule has 0 heterocycles. The largest absolute Gasteiger partial charge is 0.391 e. The summed E-state index contributed by atoms with van der Waals surface area (Å²) in [7, 11) is 0. The summed E-state index contributed by atoms with van der Waals surface area (Å²) in [6.45, 7) is 4.45. The Balaban J connectivity index is 2.27. The molecular weight excluding hydrogens is 306 g/mol. The third-order valence-electron chi connectivity index (χ3n) is 2.86. The number of benzene rings is 1. The zero-order chi connectivity index (χ0) is 14.3. The van der Waals surface area contributed by atoms with E-state index in [-0.39, 0.29) is 5.91 Å². The summed E-state index contributed by atoms with van der Waals surface area (Å²) in [5.74, 6) is 0.422. The molecule has 0 aromatic heterocycles. The minimum Gasteiger partial charge on any atom is -0.391 e. The third-order valence-corrected chi connectivity index (χ3v) is 3.63. The standard InChI is InChI=1S/C15H22BrNO2/c1-11(2)9-13(18)10-17-15(19)8-7-12-5-3-4-6-14(12)16/h3-6,11,13,18H,7-10H2,1-2H3,(H,17,19). The molecule has 19 heavy (non-hydrogen) atoms. The molecule has 0 saturated heterocycles. The Bertz CT molecular complexity index is 407. The molecule has 1 unspecified atom stereocenters. The predicted molar refractivity (Wildman–Crippen MR) is 80.9 cm³/mol. The molecule has 0 aliphatic heterocycles. The molecule has 0 aliphatic carbocycles. The number of aliphatic hydroxyl groups excluding tert-OH is 1. The number of halogens is 1. The summed E-state index contributed by atoms with van der Waals surface area (Å²) in [6, 6.07) is 7.89. The van der Waals surface area contributed by atoms with Crippen LogP contribution in [-0.2, 0) is 11.2 Å². The van der Waals surface area contributed by atoms with E-state index in [1.165, 1.54) is 0 Å². The van der Waals surface area contributed by atoms with Crippen LogP contribution in [0.4, 0.5) is 0 Å². The number of rotatable bonds is 7. The minimum atomic E-state index is -0.451. The number of carbonyl (C=O) groups excluding carboxylic acids is 1. The Hall–Kier alpha value is -0.870. The van der Waals surface area contributed by atoms with Gasteiger partial charge < -0.3 is 10.4 Å². The Morgan fingerprint density at radius 3 is 2.68 bits per heavy atom. The van der Waals surface area contributed by atoms with Gasteiger partial charge in [-0.15, -0.1) is 0 Å². The van der Waals surface area contributed by atoms with E-state index in [4.69, 9.17) is 0 Å². The summed E-state index contributed by atoms with van der Waals surface area (Å²) in [5, 5.41) is 12.4. The highest BCUT2D eigenvalue weighted by atomic mass is 79.9. The smallest absolute Gasteiger partial charge is 0.220 e. The molecular formula is C15H22BrNO2. The van der Waals surface area contributed by atoms with Crippen molar-refractivity contribution in [1.82, 2.24) is 5.32 Å². The monoisotopic (exact) mass is 327 g/mol. The van der Waals surface area contributed by atoms with Crippen LogP contribution in [0.2, 0.25) is 0 Å². The Morgan fingerprint density at radius 2 is 2.05 bits per heavy atom. The topological polar surface area (TPSA) is 49.3 Å². The average molecular weight is 328 g/mol. The maximum absolute atomic E-state index is 11.7. The van der Waals surface area contributed by atoms with Crippen LogP contribution >= 0.6 is 15.9 Å². The summed E-state index contributed by atoms with van der Waals surface area (Å²) in [6.07, 6.45) is 1.40. The van der Waals surface area contributed by atoms with Gasteiger partial charge in [-0.2, -0.15) is 0 Å². The normalized spacial score (nSPS) is 12.5. The molecule has 0 aliphatic rings. The lowest BCUT2D eigenvalue weighted by Gasteiger charge is -2.13. The molecule has 1 aromatic rings. The van der Waals surface area contributed by atoms with E-state index in [2.05, 4.69) is 35.1 Å². The van der Waals surface area contributed by atoms with E-state index >= 15 is 0 Å². The Morgan fingerprint density at radius 1 is 1.37 bits per heavy atom. The van der Waals surface area contributed by atoms with Gasteiger partial charge in [-0.3, -0.25) is 4.79 Å². The van der Waals surface area contributed by atoms with Gasteiger partial charge in [-0.05, 0) is 30.4 Å². The molecule has 0 radical (unpaired) electrons. The fraction of sp³-hybridized carbons (Fsp3) is 0.533. The van der Waals surface area contributed by atoms with E-state index < -0.39 is 6.10 Å². The maximum Gasteiger partial charge on any atom is 0.220 e. The zero-order valence-corrected chi connectivity index (χ0v) is 13.1. The summed E-state index contributed by atoms with van der Waals surface area (Å²) in [5.41, 5.74) is 1.13. The lowest BCUT2D eigenvalue weighted by molar-refractivity contribution is -0.121. The second-order valence-corrected chi connectivity index (χ2v) is 6.03. The van der Waals surface area contributed by atoms with Gasteiger partial charge in [0, 0.05) is 17.4 Å². The number of aliphatic hydroxyl groups is 1. The number of amides is 1. The van der Waals surface area contributed by atoms with Crippen molar-refractivity contribution in [2.24, 2.45) is 5.92 Å². The van der Waals surface area contributed by atoms with E-state index in [9.17, 15) is 9.90 Å². The molecule has 0 spiro atoms. The quantitative estimate of drug-likeness (QED) is 0.809. The first-order chi connectivity index (χ1) is 8.99. The first-order valence-corrected chi connectivity index (χ1v) is 7.46. The van der Waals surface area contributed by atoms with Gasteiger partial charge in [0.2, 0.25) is 5.91 Å². The Labute approximate surface area is 123 Å². The third kappa shape index (κ3) is 6.73. The second-order valence-electron chi connectivity index (χ2n) is 5.18. The summed E-state index contributed by atoms with van der Waals surface area (Å²) < 4.78 is 1.03.